The van der Waals surface area contributed by atoms with Gasteiger partial charge >= 0.3 is 0 Å². The summed E-state index contributed by atoms with van der Waals surface area (Å²) in [6.07, 6.45) is 0.408. The quantitative estimate of drug-likeness (QED) is 0.849. The van der Waals surface area contributed by atoms with Crippen LogP contribution >= 0.6 is 0 Å². The summed E-state index contributed by atoms with van der Waals surface area (Å²) in [4.78, 5) is 12.2. The molecule has 0 saturated carbocycles. The van der Waals surface area contributed by atoms with Crippen molar-refractivity contribution in [2.45, 2.75) is 26.0 Å². The minimum atomic E-state index is -0.0101. The molecule has 1 heterocycles. The van der Waals surface area contributed by atoms with Crippen molar-refractivity contribution >= 4 is 11.6 Å². The molecule has 0 spiro atoms. The molecular weight excluding hydrogens is 316 g/mol. The Morgan fingerprint density at radius 3 is 2.84 bits per heavy atom. The van der Waals surface area contributed by atoms with E-state index in [0.29, 0.717) is 26.2 Å². The van der Waals surface area contributed by atoms with E-state index in [1.807, 2.05) is 55.5 Å². The molecule has 132 valence electrons. The van der Waals surface area contributed by atoms with E-state index in [1.54, 1.807) is 0 Å². The Morgan fingerprint density at radius 1 is 1.28 bits per heavy atom. The lowest BCUT2D eigenvalue weighted by atomic mass is 10.1. The molecular formula is C20H24N2O3. The van der Waals surface area contributed by atoms with Crippen molar-refractivity contribution in [3.63, 3.8) is 0 Å². The number of amides is 1. The van der Waals surface area contributed by atoms with Crippen LogP contribution in [0.15, 0.2) is 48.5 Å². The van der Waals surface area contributed by atoms with Crippen LogP contribution in [0.1, 0.15) is 17.5 Å². The molecule has 3 rings (SSSR count). The predicted molar refractivity (Wildman–Crippen MR) is 97.8 cm³/mol. The van der Waals surface area contributed by atoms with E-state index < -0.39 is 0 Å². The smallest absolute Gasteiger partial charge is 0.226 e. The lowest BCUT2D eigenvalue weighted by Crippen LogP contribution is -2.43. The van der Waals surface area contributed by atoms with Crippen molar-refractivity contribution in [1.82, 2.24) is 5.32 Å². The van der Waals surface area contributed by atoms with Crippen LogP contribution in [0.4, 0.5) is 5.69 Å². The lowest BCUT2D eigenvalue weighted by molar-refractivity contribution is -0.117. The van der Waals surface area contributed by atoms with Crippen molar-refractivity contribution in [1.29, 1.82) is 0 Å². The van der Waals surface area contributed by atoms with Crippen LogP contribution in [0.2, 0.25) is 0 Å². The van der Waals surface area contributed by atoms with Crippen LogP contribution in [0.5, 0.6) is 5.75 Å². The molecule has 5 heteroatoms. The molecule has 0 aliphatic carbocycles. The molecule has 0 bridgehead atoms. The second kappa shape index (κ2) is 8.65. The zero-order valence-electron chi connectivity index (χ0n) is 14.5. The molecule has 1 amide bonds. The molecule has 1 aliphatic rings. The SMILES string of the molecule is Cc1cc(OCc2ccccc2)ccc1NC(=O)CC1COCCN1. The van der Waals surface area contributed by atoms with Gasteiger partial charge in [-0.1, -0.05) is 30.3 Å². The number of ether oxygens (including phenoxy) is 2. The van der Waals surface area contributed by atoms with Crippen LogP contribution in [-0.4, -0.2) is 31.7 Å². The van der Waals surface area contributed by atoms with E-state index >= 15 is 0 Å². The van der Waals surface area contributed by atoms with Crippen LogP contribution in [0.25, 0.3) is 0 Å². The zero-order chi connectivity index (χ0) is 17.5. The van der Waals surface area contributed by atoms with Gasteiger partial charge in [0.05, 0.1) is 13.2 Å². The maximum atomic E-state index is 12.2. The van der Waals surface area contributed by atoms with E-state index in [1.165, 1.54) is 0 Å². The molecule has 1 atom stereocenters. The van der Waals surface area contributed by atoms with E-state index in [4.69, 9.17) is 9.47 Å². The van der Waals surface area contributed by atoms with Crippen LogP contribution < -0.4 is 15.4 Å². The highest BCUT2D eigenvalue weighted by Gasteiger charge is 2.17. The Hall–Kier alpha value is -2.37. The Labute approximate surface area is 148 Å². The minimum Gasteiger partial charge on any atom is -0.489 e. The molecule has 2 aromatic carbocycles. The van der Waals surface area contributed by atoms with Gasteiger partial charge in [0.25, 0.3) is 0 Å². The molecule has 0 radical (unpaired) electrons. The van der Waals surface area contributed by atoms with Gasteiger partial charge in [-0.05, 0) is 36.2 Å². The van der Waals surface area contributed by atoms with Crippen molar-refractivity contribution in [2.24, 2.45) is 0 Å². The number of hydrogen-bond acceptors (Lipinski definition) is 4. The number of anilines is 1. The van der Waals surface area contributed by atoms with E-state index in [-0.39, 0.29) is 11.9 Å². The summed E-state index contributed by atoms with van der Waals surface area (Å²) in [6, 6.07) is 15.8. The minimum absolute atomic E-state index is 0.0101. The van der Waals surface area contributed by atoms with Gasteiger partial charge in [0.15, 0.2) is 0 Å². The van der Waals surface area contributed by atoms with Crippen molar-refractivity contribution in [2.75, 3.05) is 25.1 Å². The maximum Gasteiger partial charge on any atom is 0.226 e. The first kappa shape index (κ1) is 17.5. The number of carbonyl (C=O) groups excluding carboxylic acids is 1. The highest BCUT2D eigenvalue weighted by Crippen LogP contribution is 2.22. The summed E-state index contributed by atoms with van der Waals surface area (Å²) in [5.41, 5.74) is 2.92. The molecule has 2 N–H and O–H groups in total. The largest absolute Gasteiger partial charge is 0.489 e. The Morgan fingerprint density at radius 2 is 2.12 bits per heavy atom. The first-order valence-corrected chi connectivity index (χ1v) is 8.59. The standard InChI is InChI=1S/C20H24N2O3/c1-15-11-18(25-13-16-5-3-2-4-6-16)7-8-19(15)22-20(23)12-17-14-24-10-9-21-17/h2-8,11,17,21H,9-10,12-14H2,1H3,(H,22,23). The van der Waals surface area contributed by atoms with Crippen LogP contribution in [-0.2, 0) is 16.1 Å². The summed E-state index contributed by atoms with van der Waals surface area (Å²) in [5.74, 6) is 0.783. The second-order valence-electron chi connectivity index (χ2n) is 6.23. The van der Waals surface area contributed by atoms with Crippen molar-refractivity contribution in [3.8, 4) is 5.75 Å². The first-order chi connectivity index (χ1) is 12.2. The maximum absolute atomic E-state index is 12.2. The number of carbonyl (C=O) groups is 1. The van der Waals surface area contributed by atoms with Gasteiger partial charge in [-0.2, -0.15) is 0 Å². The highest BCUT2D eigenvalue weighted by atomic mass is 16.5. The van der Waals surface area contributed by atoms with Crippen molar-refractivity contribution < 1.29 is 14.3 Å². The first-order valence-electron chi connectivity index (χ1n) is 8.59. The van der Waals surface area contributed by atoms with Gasteiger partial charge in [0.2, 0.25) is 5.91 Å². The average molecular weight is 340 g/mol. The molecule has 25 heavy (non-hydrogen) atoms. The molecule has 1 unspecified atom stereocenters. The summed E-state index contributed by atoms with van der Waals surface area (Å²) < 4.78 is 11.2. The van der Waals surface area contributed by atoms with Crippen LogP contribution in [0.3, 0.4) is 0 Å². The number of aryl methyl sites for hydroxylation is 1. The third-order valence-corrected chi connectivity index (χ3v) is 4.15. The third kappa shape index (κ3) is 5.31. The average Bonchev–Trinajstić information content (AvgIpc) is 2.64. The lowest BCUT2D eigenvalue weighted by Gasteiger charge is -2.23. The fraction of sp³-hybridized carbons (Fsp3) is 0.350. The number of morpholine rings is 1. The molecule has 1 fully saturated rings. The molecule has 1 saturated heterocycles. The van der Waals surface area contributed by atoms with Gasteiger partial charge in [0, 0.05) is 24.7 Å². The van der Waals surface area contributed by atoms with E-state index in [9.17, 15) is 4.79 Å². The fourth-order valence-electron chi connectivity index (χ4n) is 2.78. The fourth-order valence-corrected chi connectivity index (χ4v) is 2.78. The topological polar surface area (TPSA) is 59.6 Å². The second-order valence-corrected chi connectivity index (χ2v) is 6.23. The molecule has 5 nitrogen and oxygen atoms in total. The summed E-state index contributed by atoms with van der Waals surface area (Å²) in [7, 11) is 0. The summed E-state index contributed by atoms with van der Waals surface area (Å²) in [5, 5.41) is 6.25. The van der Waals surface area contributed by atoms with Gasteiger partial charge < -0.3 is 20.1 Å². The predicted octanol–water partition coefficient (Wildman–Crippen LogP) is 2.89. The monoisotopic (exact) mass is 340 g/mol. The molecule has 2 aromatic rings. The Bertz CT molecular complexity index is 697. The van der Waals surface area contributed by atoms with Gasteiger partial charge in [0.1, 0.15) is 12.4 Å². The summed E-state index contributed by atoms with van der Waals surface area (Å²) in [6.45, 7) is 4.58. The van der Waals surface area contributed by atoms with Gasteiger partial charge in [-0.25, -0.2) is 0 Å². The summed E-state index contributed by atoms with van der Waals surface area (Å²) >= 11 is 0. The van der Waals surface area contributed by atoms with E-state index in [0.717, 1.165) is 29.1 Å². The highest BCUT2D eigenvalue weighted by molar-refractivity contribution is 5.92. The molecule has 1 aliphatic heterocycles. The number of rotatable bonds is 6. The normalized spacial score (nSPS) is 17.1. The number of hydrogen-bond donors (Lipinski definition) is 2. The Balaban J connectivity index is 1.53. The number of nitrogens with one attached hydrogen (secondary N) is 2. The zero-order valence-corrected chi connectivity index (χ0v) is 14.5. The third-order valence-electron chi connectivity index (χ3n) is 4.15. The van der Waals surface area contributed by atoms with E-state index in [2.05, 4.69) is 10.6 Å². The number of benzene rings is 2. The Kier molecular flexibility index (Phi) is 6.04. The van der Waals surface area contributed by atoms with Crippen molar-refractivity contribution in [3.05, 3.63) is 59.7 Å². The van der Waals surface area contributed by atoms with Gasteiger partial charge in [-0.15, -0.1) is 0 Å². The van der Waals surface area contributed by atoms with Crippen LogP contribution in [0, 0.1) is 6.92 Å². The van der Waals surface area contributed by atoms with Gasteiger partial charge in [-0.3, -0.25) is 4.79 Å². The molecule has 0 aromatic heterocycles.